The number of aromatic hydroxyl groups is 2. The van der Waals surface area contributed by atoms with E-state index in [0.29, 0.717) is 58.8 Å². The normalized spacial score (nSPS) is 30.3. The Morgan fingerprint density at radius 1 is 0.660 bits per heavy atom. The predicted octanol–water partition coefficient (Wildman–Crippen LogP) is 10.0. The van der Waals surface area contributed by atoms with Crippen LogP contribution < -0.4 is 0 Å². The second-order valence-corrected chi connectivity index (χ2v) is 18.0. The van der Waals surface area contributed by atoms with Crippen LogP contribution in [0.15, 0.2) is 82.9 Å². The number of rotatable bonds is 7. The van der Waals surface area contributed by atoms with Crippen molar-refractivity contribution >= 4 is 29.5 Å². The van der Waals surface area contributed by atoms with Crippen molar-refractivity contribution in [2.24, 2.45) is 57.3 Å². The first-order chi connectivity index (χ1) is 22.5. The average Bonchev–Trinajstić information content (AvgIpc) is 3.54. The Morgan fingerprint density at radius 2 is 1.02 bits per heavy atom. The Labute approximate surface area is 300 Å². The molecule has 2 aromatic rings. The maximum absolute atomic E-state index is 11.0. The summed E-state index contributed by atoms with van der Waals surface area (Å²) in [5.41, 5.74) is 5.48. The fourth-order valence-corrected chi connectivity index (χ4v) is 9.05. The molecule has 4 aliphatic carbocycles. The predicted molar refractivity (Wildman–Crippen MR) is 195 cm³/mol. The first-order valence-electron chi connectivity index (χ1n) is 16.9. The summed E-state index contributed by atoms with van der Waals surface area (Å²) in [4.78, 5) is 11.0. The van der Waals surface area contributed by atoms with Crippen molar-refractivity contribution in [3.63, 3.8) is 0 Å². The van der Waals surface area contributed by atoms with E-state index in [0.717, 1.165) is 46.2 Å². The molecule has 7 heteroatoms. The minimum atomic E-state index is -0.826. The second kappa shape index (κ2) is 16.0. The van der Waals surface area contributed by atoms with Crippen LogP contribution in [0.2, 0.25) is 0 Å². The fourth-order valence-electron chi connectivity index (χ4n) is 9.05. The van der Waals surface area contributed by atoms with Crippen LogP contribution in [0, 0.1) is 75.0 Å². The van der Waals surface area contributed by atoms with Gasteiger partial charge in [-0.05, 0) is 122 Å². The molecular formula is C40H48Cl2N2O2Zr. The van der Waals surface area contributed by atoms with E-state index in [1.54, 1.807) is 0 Å². The summed E-state index contributed by atoms with van der Waals surface area (Å²) in [6.45, 7) is 12.8. The topological polar surface area (TPSA) is 65.2 Å². The van der Waals surface area contributed by atoms with Crippen molar-refractivity contribution in [1.82, 2.24) is 0 Å². The molecule has 4 nitrogen and oxygen atoms in total. The first-order valence-corrected chi connectivity index (χ1v) is 23.2. The van der Waals surface area contributed by atoms with Gasteiger partial charge in [-0.3, -0.25) is 9.98 Å². The van der Waals surface area contributed by atoms with E-state index in [2.05, 4.69) is 76.3 Å². The number of aliphatic imine (C=N–C) groups is 2. The van der Waals surface area contributed by atoms with Crippen LogP contribution in [0.1, 0.15) is 60.1 Å². The zero-order chi connectivity index (χ0) is 33.8. The van der Waals surface area contributed by atoms with Gasteiger partial charge in [0, 0.05) is 23.6 Å². The molecule has 4 aliphatic rings. The molecule has 248 valence electrons. The molecule has 10 unspecified atom stereocenters. The van der Waals surface area contributed by atoms with Gasteiger partial charge in [-0.1, -0.05) is 74.6 Å². The molecular weight excluding hydrogens is 703 g/mol. The van der Waals surface area contributed by atoms with Crippen molar-refractivity contribution in [2.75, 3.05) is 0 Å². The van der Waals surface area contributed by atoms with Gasteiger partial charge in [-0.2, -0.15) is 0 Å². The summed E-state index contributed by atoms with van der Waals surface area (Å²) < 4.78 is 0. The molecule has 0 spiro atoms. The van der Waals surface area contributed by atoms with E-state index in [4.69, 9.17) is 27.0 Å². The molecule has 0 amide bonds. The number of halogens is 2. The van der Waals surface area contributed by atoms with Crippen LogP contribution in [-0.2, 0) is 20.8 Å². The van der Waals surface area contributed by atoms with Crippen molar-refractivity contribution < 1.29 is 31.1 Å². The van der Waals surface area contributed by atoms with Gasteiger partial charge in [0.1, 0.15) is 11.5 Å². The third-order valence-corrected chi connectivity index (χ3v) is 10.9. The van der Waals surface area contributed by atoms with Crippen molar-refractivity contribution in [3.05, 3.63) is 106 Å². The average molecular weight is 751 g/mol. The summed E-state index contributed by atoms with van der Waals surface area (Å²) in [7, 11) is 9.87. The molecule has 0 radical (unpaired) electrons. The van der Waals surface area contributed by atoms with E-state index in [1.807, 2.05) is 50.5 Å². The molecule has 2 fully saturated rings. The number of benzene rings is 2. The van der Waals surface area contributed by atoms with Gasteiger partial charge in [0.15, 0.2) is 0 Å². The number of fused-ring (bicyclic) bond motifs is 2. The van der Waals surface area contributed by atoms with E-state index < -0.39 is 20.8 Å². The molecule has 0 heterocycles. The first kappa shape index (κ1) is 36.1. The van der Waals surface area contributed by atoms with E-state index >= 15 is 0 Å². The Kier molecular flexibility index (Phi) is 12.3. The SMILES string of the molecule is Cc1cc(C)c(O)c(C=NC(C(N=Cc2cc(C)cc(C)c2O)C2C(C)CC3C=CC=CC32)C2C(C)CC3C=CC=CC32)c1.[Cl][Zr][Cl]. The van der Waals surface area contributed by atoms with Crippen LogP contribution in [-0.4, -0.2) is 34.7 Å². The number of nitrogens with zero attached hydrogens (tertiary/aromatic N) is 2. The van der Waals surface area contributed by atoms with Crippen LogP contribution in [0.4, 0.5) is 0 Å². The Balaban J connectivity index is 0.00000139. The molecule has 0 aromatic heterocycles. The number of hydrogen-bond donors (Lipinski definition) is 2. The van der Waals surface area contributed by atoms with Gasteiger partial charge in [0.25, 0.3) is 0 Å². The third-order valence-electron chi connectivity index (χ3n) is 10.9. The molecule has 2 aromatic carbocycles. The molecule has 0 aliphatic heterocycles. The van der Waals surface area contributed by atoms with Crippen LogP contribution in [0.25, 0.3) is 0 Å². The van der Waals surface area contributed by atoms with Gasteiger partial charge in [-0.25, -0.2) is 0 Å². The summed E-state index contributed by atoms with van der Waals surface area (Å²) in [5, 5.41) is 22.1. The van der Waals surface area contributed by atoms with Crippen molar-refractivity contribution in [3.8, 4) is 11.5 Å². The number of phenols is 2. The standard InChI is InChI=1S/C40H48N2O2.2ClH.Zr/c1-23-15-27(5)39(43)31(17-23)21-41-37(35-25(3)19-29-11-7-9-13-33(29)35)38(36-26(4)20-30-12-8-10-14-34(30)36)42-22-32-18-24(2)16-28(6)40(32)44;;;/h7-18,21-22,25-26,29-30,33-38,43-44H,19-20H2,1-6H3;2*1H;/q;;;+2/p-2. The van der Waals surface area contributed by atoms with E-state index in [-0.39, 0.29) is 12.1 Å². The quantitative estimate of drug-likeness (QED) is 0.277. The van der Waals surface area contributed by atoms with Gasteiger partial charge >= 0.3 is 37.9 Å². The maximum atomic E-state index is 11.0. The summed E-state index contributed by atoms with van der Waals surface area (Å²) in [6, 6.07) is 7.90. The number of hydrogen-bond acceptors (Lipinski definition) is 4. The van der Waals surface area contributed by atoms with E-state index in [1.165, 1.54) is 0 Å². The van der Waals surface area contributed by atoms with Gasteiger partial charge in [0.2, 0.25) is 0 Å². The second-order valence-electron chi connectivity index (χ2n) is 14.3. The Morgan fingerprint density at radius 3 is 1.40 bits per heavy atom. The molecule has 0 bridgehead atoms. The molecule has 2 N–H and O–H groups in total. The van der Waals surface area contributed by atoms with Crippen LogP contribution in [0.3, 0.4) is 0 Å². The molecule has 0 saturated heterocycles. The van der Waals surface area contributed by atoms with Crippen LogP contribution in [0.5, 0.6) is 11.5 Å². The monoisotopic (exact) mass is 748 g/mol. The minimum absolute atomic E-state index is 0.0915. The Bertz CT molecular complexity index is 1490. The van der Waals surface area contributed by atoms with Gasteiger partial charge in [0.05, 0.1) is 12.1 Å². The molecule has 47 heavy (non-hydrogen) atoms. The number of allylic oxidation sites excluding steroid dienone is 8. The molecule has 2 saturated carbocycles. The zero-order valence-corrected chi connectivity index (χ0v) is 32.3. The Hall–Kier alpha value is -2.20. The van der Waals surface area contributed by atoms with Crippen LogP contribution >= 0.6 is 17.0 Å². The van der Waals surface area contributed by atoms with Gasteiger partial charge in [-0.15, -0.1) is 0 Å². The molecule has 6 rings (SSSR count). The zero-order valence-electron chi connectivity index (χ0n) is 28.3. The summed E-state index contributed by atoms with van der Waals surface area (Å²) in [5.74, 6) is 3.93. The van der Waals surface area contributed by atoms with Crippen molar-refractivity contribution in [1.29, 1.82) is 0 Å². The van der Waals surface area contributed by atoms with E-state index in [9.17, 15) is 10.2 Å². The summed E-state index contributed by atoms with van der Waals surface area (Å²) >= 11 is -0.826. The van der Waals surface area contributed by atoms with Crippen molar-refractivity contribution in [2.45, 2.75) is 66.5 Å². The molecule has 10 atom stereocenters. The number of aryl methyl sites for hydroxylation is 4. The summed E-state index contributed by atoms with van der Waals surface area (Å²) in [6.07, 6.45) is 24.5. The fraction of sp³-hybridized carbons (Fsp3) is 0.450. The third kappa shape index (κ3) is 8.00. The van der Waals surface area contributed by atoms with Gasteiger partial charge < -0.3 is 10.2 Å². The number of phenolic OH excluding ortho intramolecular Hbond substituents is 2.